The smallest absolute Gasteiger partial charge is 0.260 e. The van der Waals surface area contributed by atoms with Gasteiger partial charge in [0.1, 0.15) is 5.54 Å². The Morgan fingerprint density at radius 1 is 1.10 bits per heavy atom. The van der Waals surface area contributed by atoms with Crippen LogP contribution in [-0.2, 0) is 31.6 Å². The minimum Gasteiger partial charge on any atom is -0.339 e. The molecule has 222 valence electrons. The number of amides is 2. The molecule has 3 aromatic rings. The van der Waals surface area contributed by atoms with Crippen molar-refractivity contribution < 1.29 is 18.0 Å². The number of sulfonamides is 1. The van der Waals surface area contributed by atoms with Gasteiger partial charge in [-0.15, -0.1) is 0 Å². The Morgan fingerprint density at radius 2 is 1.76 bits per heavy atom. The molecule has 1 N–H and O–H groups in total. The van der Waals surface area contributed by atoms with Crippen LogP contribution < -0.4 is 10.2 Å². The molecule has 4 heterocycles. The lowest BCUT2D eigenvalue weighted by molar-refractivity contribution is -0.134. The third kappa shape index (κ3) is 5.16. The van der Waals surface area contributed by atoms with Crippen molar-refractivity contribution in [2.24, 2.45) is 0 Å². The topological polar surface area (TPSA) is 108 Å². The number of imidazole rings is 1. The molecule has 10 nitrogen and oxygen atoms in total. The van der Waals surface area contributed by atoms with E-state index in [1.165, 1.54) is 20.0 Å². The minimum absolute atomic E-state index is 0.0123. The highest BCUT2D eigenvalue weighted by Crippen LogP contribution is 2.45. The lowest BCUT2D eigenvalue weighted by atomic mass is 9.92. The van der Waals surface area contributed by atoms with Crippen molar-refractivity contribution in [3.8, 4) is 0 Å². The summed E-state index contributed by atoms with van der Waals surface area (Å²) < 4.78 is 32.1. The summed E-state index contributed by atoms with van der Waals surface area (Å²) in [5.41, 5.74) is -0.0980. The maximum atomic E-state index is 14.3. The number of nitrogens with zero attached hydrogens (tertiary/aromatic N) is 5. The molecular formula is C28H29BrCl2N6O4S. The second-order valence-corrected chi connectivity index (χ2v) is 14.6. The number of carbonyl (C=O) groups is 2. The molecule has 0 spiro atoms. The Labute approximate surface area is 262 Å². The highest BCUT2D eigenvalue weighted by Gasteiger charge is 2.52. The maximum Gasteiger partial charge on any atom is 0.260 e. The maximum absolute atomic E-state index is 14.3. The van der Waals surface area contributed by atoms with E-state index in [-0.39, 0.29) is 48.3 Å². The third-order valence-electron chi connectivity index (χ3n) is 8.15. The van der Waals surface area contributed by atoms with E-state index in [4.69, 9.17) is 23.2 Å². The molecule has 1 unspecified atom stereocenters. The van der Waals surface area contributed by atoms with Crippen molar-refractivity contribution in [2.75, 3.05) is 37.6 Å². The van der Waals surface area contributed by atoms with Gasteiger partial charge in [-0.1, -0.05) is 51.3 Å². The van der Waals surface area contributed by atoms with Crippen molar-refractivity contribution >= 4 is 72.6 Å². The van der Waals surface area contributed by atoms with Crippen LogP contribution >= 0.6 is 39.1 Å². The summed E-state index contributed by atoms with van der Waals surface area (Å²) in [6.07, 6.45) is 3.26. The zero-order valence-electron chi connectivity index (χ0n) is 22.8. The molecular weight excluding hydrogens is 667 g/mol. The third-order valence-corrected chi connectivity index (χ3v) is 11.0. The number of fused-ring (bicyclic) bond motifs is 1. The van der Waals surface area contributed by atoms with Crippen LogP contribution in [-0.4, -0.2) is 77.8 Å². The van der Waals surface area contributed by atoms with Gasteiger partial charge in [0, 0.05) is 47.1 Å². The second-order valence-electron chi connectivity index (χ2n) is 11.0. The van der Waals surface area contributed by atoms with E-state index in [0.29, 0.717) is 28.8 Å². The molecule has 2 aromatic carbocycles. The van der Waals surface area contributed by atoms with Crippen LogP contribution in [0.25, 0.3) is 0 Å². The summed E-state index contributed by atoms with van der Waals surface area (Å²) in [6, 6.07) is 12.1. The number of aromatic nitrogens is 2. The molecule has 2 fully saturated rings. The lowest BCUT2D eigenvalue weighted by Gasteiger charge is -2.35. The molecule has 42 heavy (non-hydrogen) atoms. The van der Waals surface area contributed by atoms with E-state index in [1.54, 1.807) is 30.0 Å². The Bertz CT molecular complexity index is 1630. The Kier molecular flexibility index (Phi) is 7.90. The fourth-order valence-electron chi connectivity index (χ4n) is 6.01. The van der Waals surface area contributed by atoms with Crippen LogP contribution in [0.2, 0.25) is 10.0 Å². The van der Waals surface area contributed by atoms with E-state index in [0.717, 1.165) is 29.4 Å². The van der Waals surface area contributed by atoms with Gasteiger partial charge in [-0.05, 0) is 62.2 Å². The van der Waals surface area contributed by atoms with Gasteiger partial charge in [0.25, 0.3) is 15.9 Å². The van der Waals surface area contributed by atoms with Crippen molar-refractivity contribution in [1.82, 2.24) is 24.1 Å². The van der Waals surface area contributed by atoms with E-state index in [2.05, 4.69) is 26.2 Å². The van der Waals surface area contributed by atoms with Crippen molar-refractivity contribution in [3.05, 3.63) is 68.7 Å². The van der Waals surface area contributed by atoms with Gasteiger partial charge in [0.2, 0.25) is 11.9 Å². The van der Waals surface area contributed by atoms with Crippen molar-refractivity contribution in [1.29, 1.82) is 0 Å². The molecule has 14 heteroatoms. The minimum atomic E-state index is -4.09. The highest BCUT2D eigenvalue weighted by atomic mass is 79.9. The summed E-state index contributed by atoms with van der Waals surface area (Å²) >= 11 is 16.0. The molecule has 2 amide bonds. The van der Waals surface area contributed by atoms with Crippen LogP contribution in [0, 0.1) is 0 Å². The molecule has 0 aliphatic carbocycles. The number of benzene rings is 2. The monoisotopic (exact) mass is 694 g/mol. The number of piperazine rings is 1. The van der Waals surface area contributed by atoms with Crippen molar-refractivity contribution in [3.63, 3.8) is 0 Å². The zero-order chi connectivity index (χ0) is 29.8. The quantitative estimate of drug-likeness (QED) is 0.415. The number of carbonyl (C=O) groups excluding carboxylic acids is 2. The average molecular weight is 696 g/mol. The largest absolute Gasteiger partial charge is 0.339 e. The molecule has 6 rings (SSSR count). The summed E-state index contributed by atoms with van der Waals surface area (Å²) in [5, 5.41) is 3.79. The summed E-state index contributed by atoms with van der Waals surface area (Å²) in [6.45, 7) is 3.41. The number of rotatable bonds is 6. The predicted molar refractivity (Wildman–Crippen MR) is 164 cm³/mol. The lowest BCUT2D eigenvalue weighted by Crippen LogP contribution is -2.54. The van der Waals surface area contributed by atoms with E-state index in [9.17, 15) is 18.0 Å². The van der Waals surface area contributed by atoms with Crippen LogP contribution in [0.5, 0.6) is 0 Å². The Balaban J connectivity index is 1.37. The molecule has 0 bridgehead atoms. The SMILES string of the molecule is C[C@@]1(Cc2ccc(Br)cc2)C(=O)N(c2cc(Cl)cc(Cl)c2)c2ncc(S(=O)(=O)N3CCN(C(=O)C4CCCN4)CC3)n21. The normalized spacial score (nSPS) is 23.0. The fourth-order valence-corrected chi connectivity index (χ4v) is 8.40. The molecule has 3 aliphatic rings. The number of anilines is 2. The first-order valence-electron chi connectivity index (χ1n) is 13.6. The summed E-state index contributed by atoms with van der Waals surface area (Å²) in [4.78, 5) is 34.7. The molecule has 3 aliphatic heterocycles. The van der Waals surface area contributed by atoms with Gasteiger partial charge in [0.05, 0.1) is 17.9 Å². The van der Waals surface area contributed by atoms with Crippen LogP contribution in [0.4, 0.5) is 11.6 Å². The van der Waals surface area contributed by atoms with Crippen LogP contribution in [0.15, 0.2) is 58.2 Å². The average Bonchev–Trinajstić information content (AvgIpc) is 3.69. The first-order chi connectivity index (χ1) is 20.0. The number of hydrogen-bond acceptors (Lipinski definition) is 6. The fraction of sp³-hybridized carbons (Fsp3) is 0.393. The number of halogens is 3. The van der Waals surface area contributed by atoms with Gasteiger partial charge in [-0.2, -0.15) is 4.31 Å². The molecule has 0 radical (unpaired) electrons. The standard InChI is InChI=1S/C28H29BrCl2N6O4S/c1-28(16-18-4-6-19(29)7-5-18)26(39)36(22-14-20(30)13-21(31)15-22)27-33-17-24(37(27)28)42(40,41)35-11-9-34(10-12-35)25(38)23-3-2-8-32-23/h4-7,13-15,17,23,32H,2-3,8-12,16H2,1H3/t23?,28-/m1/s1. The predicted octanol–water partition coefficient (Wildman–Crippen LogP) is 4.17. The molecule has 0 saturated carbocycles. The van der Waals surface area contributed by atoms with Crippen molar-refractivity contribution in [2.45, 2.75) is 42.8 Å². The Hall–Kier alpha value is -2.48. The first-order valence-corrected chi connectivity index (χ1v) is 16.6. The molecule has 1 aromatic heterocycles. The van der Waals surface area contributed by atoms with Gasteiger partial charge in [0.15, 0.2) is 5.03 Å². The summed E-state index contributed by atoms with van der Waals surface area (Å²) in [7, 11) is -4.09. The van der Waals surface area contributed by atoms with Gasteiger partial charge < -0.3 is 10.2 Å². The first kappa shape index (κ1) is 29.6. The van der Waals surface area contributed by atoms with Crippen LogP contribution in [0.1, 0.15) is 25.3 Å². The number of nitrogens with one attached hydrogen (secondary N) is 1. The van der Waals surface area contributed by atoms with Gasteiger partial charge in [-0.3, -0.25) is 14.2 Å². The van der Waals surface area contributed by atoms with Gasteiger partial charge in [-0.25, -0.2) is 18.3 Å². The summed E-state index contributed by atoms with van der Waals surface area (Å²) in [5.74, 6) is -0.182. The van der Waals surface area contributed by atoms with E-state index >= 15 is 0 Å². The number of hydrogen-bond donors (Lipinski definition) is 1. The van der Waals surface area contributed by atoms with E-state index in [1.807, 2.05) is 24.3 Å². The Morgan fingerprint density at radius 3 is 2.38 bits per heavy atom. The van der Waals surface area contributed by atoms with Crippen LogP contribution in [0.3, 0.4) is 0 Å². The van der Waals surface area contributed by atoms with E-state index < -0.39 is 15.6 Å². The van der Waals surface area contributed by atoms with Gasteiger partial charge >= 0.3 is 0 Å². The molecule has 2 atom stereocenters. The zero-order valence-corrected chi connectivity index (χ0v) is 26.7. The second kappa shape index (κ2) is 11.2. The highest BCUT2D eigenvalue weighted by molar-refractivity contribution is 9.10. The molecule has 2 saturated heterocycles.